The van der Waals surface area contributed by atoms with Gasteiger partial charge in [0, 0.05) is 19.6 Å². The fraction of sp³-hybridized carbons (Fsp3) is 1.00. The van der Waals surface area contributed by atoms with Gasteiger partial charge in [0.05, 0.1) is 12.4 Å². The lowest BCUT2D eigenvalue weighted by Crippen LogP contribution is -2.50. The predicted molar refractivity (Wildman–Crippen MR) is 46.7 cm³/mol. The van der Waals surface area contributed by atoms with E-state index < -0.39 is 21.7 Å². The molecule has 6 nitrogen and oxygen atoms in total. The summed E-state index contributed by atoms with van der Waals surface area (Å²) in [5.74, 6) is 0. The van der Waals surface area contributed by atoms with Crippen molar-refractivity contribution < 1.29 is 18.6 Å². The summed E-state index contributed by atoms with van der Waals surface area (Å²) in [6.45, 7) is 0.304. The Morgan fingerprint density at radius 2 is 2.31 bits per heavy atom. The summed E-state index contributed by atoms with van der Waals surface area (Å²) in [5.41, 5.74) is -1.39. The molecular formula is C6H14N2O4S. The van der Waals surface area contributed by atoms with E-state index in [9.17, 15) is 18.6 Å². The van der Waals surface area contributed by atoms with Crippen LogP contribution in [0.25, 0.3) is 0 Å². The molecule has 1 fully saturated rings. The van der Waals surface area contributed by atoms with Crippen LogP contribution in [0.3, 0.4) is 0 Å². The number of β-amino-alcohol motifs (C(OH)–C–C–N with tert-alkyl or cyclic N) is 2. The second-order valence-electron chi connectivity index (χ2n) is 3.34. The third-order valence-corrected chi connectivity index (χ3v) is 2.70. The third-order valence-electron chi connectivity index (χ3n) is 2.03. The maximum atomic E-state index is 10.7. The number of rotatable bonds is 3. The Morgan fingerprint density at radius 3 is 2.69 bits per heavy atom. The molecule has 0 amide bonds. The fourth-order valence-corrected chi connectivity index (χ4v) is 1.68. The van der Waals surface area contributed by atoms with Crippen LogP contribution in [0.4, 0.5) is 0 Å². The van der Waals surface area contributed by atoms with Crippen LogP contribution < -0.4 is 10.0 Å². The van der Waals surface area contributed by atoms with Crippen molar-refractivity contribution in [3.63, 3.8) is 0 Å². The van der Waals surface area contributed by atoms with Crippen LogP contribution in [-0.4, -0.2) is 56.2 Å². The average molecular weight is 210 g/mol. The largest absolute Gasteiger partial charge is 0.389 e. The molecule has 0 aromatic carbocycles. The number of hydrogen-bond donors (Lipinski definition) is 4. The number of hydrogen-bond acceptors (Lipinski definition) is 5. The van der Waals surface area contributed by atoms with Gasteiger partial charge in [0.2, 0.25) is 10.0 Å². The molecule has 7 heteroatoms. The van der Waals surface area contributed by atoms with Crippen molar-refractivity contribution in [3.05, 3.63) is 0 Å². The Labute approximate surface area is 77.0 Å². The van der Waals surface area contributed by atoms with Crippen LogP contribution in [0.5, 0.6) is 0 Å². The first-order valence-electron chi connectivity index (χ1n) is 3.89. The van der Waals surface area contributed by atoms with Gasteiger partial charge in [-0.2, -0.15) is 0 Å². The first-order valence-corrected chi connectivity index (χ1v) is 5.78. The van der Waals surface area contributed by atoms with Crippen molar-refractivity contribution in [2.75, 3.05) is 25.9 Å². The molecule has 0 aliphatic carbocycles. The summed E-state index contributed by atoms with van der Waals surface area (Å²) in [4.78, 5) is 0. The normalized spacial score (nSPS) is 35.2. The molecule has 4 N–H and O–H groups in total. The minimum absolute atomic E-state index is 0.167. The topological polar surface area (TPSA) is 98.7 Å². The first kappa shape index (κ1) is 10.9. The molecule has 1 aliphatic heterocycles. The van der Waals surface area contributed by atoms with Crippen LogP contribution in [0, 0.1) is 0 Å². The lowest BCUT2D eigenvalue weighted by molar-refractivity contribution is -0.0343. The SMILES string of the molecule is CS(=O)(=O)NC[C@]1(O)CNC[C@H]1O. The summed E-state index contributed by atoms with van der Waals surface area (Å²) in [7, 11) is -3.32. The standard InChI is InChI=1S/C6H14N2O4S/c1-13(11,12)8-4-6(10)3-7-2-5(6)9/h5,7-10H,2-4H2,1H3/t5-,6-/m1/s1. The van der Waals surface area contributed by atoms with E-state index in [1.54, 1.807) is 0 Å². The number of sulfonamides is 1. The van der Waals surface area contributed by atoms with Gasteiger partial charge in [-0.05, 0) is 0 Å². The van der Waals surface area contributed by atoms with Gasteiger partial charge >= 0.3 is 0 Å². The molecular weight excluding hydrogens is 196 g/mol. The lowest BCUT2D eigenvalue weighted by atomic mass is 10.0. The highest BCUT2D eigenvalue weighted by molar-refractivity contribution is 7.88. The van der Waals surface area contributed by atoms with Crippen LogP contribution in [-0.2, 0) is 10.0 Å². The Hall–Kier alpha value is -0.210. The predicted octanol–water partition coefficient (Wildman–Crippen LogP) is -2.77. The van der Waals surface area contributed by atoms with Crippen LogP contribution in [0.15, 0.2) is 0 Å². The number of nitrogens with one attached hydrogen (secondary N) is 2. The maximum absolute atomic E-state index is 10.7. The van der Waals surface area contributed by atoms with Crippen molar-refractivity contribution in [1.29, 1.82) is 0 Å². The van der Waals surface area contributed by atoms with E-state index in [4.69, 9.17) is 0 Å². The molecule has 0 spiro atoms. The molecule has 0 saturated carbocycles. The van der Waals surface area contributed by atoms with Gasteiger partial charge in [-0.1, -0.05) is 0 Å². The zero-order valence-electron chi connectivity index (χ0n) is 7.32. The minimum Gasteiger partial charge on any atom is -0.389 e. The second-order valence-corrected chi connectivity index (χ2v) is 5.18. The van der Waals surface area contributed by atoms with E-state index in [0.717, 1.165) is 6.26 Å². The second kappa shape index (κ2) is 3.50. The van der Waals surface area contributed by atoms with Gasteiger partial charge < -0.3 is 15.5 Å². The molecule has 0 aromatic rings. The van der Waals surface area contributed by atoms with Crippen LogP contribution in [0.1, 0.15) is 0 Å². The lowest BCUT2D eigenvalue weighted by Gasteiger charge is -2.24. The molecule has 1 aliphatic rings. The highest BCUT2D eigenvalue weighted by Gasteiger charge is 2.40. The Morgan fingerprint density at radius 1 is 1.69 bits per heavy atom. The average Bonchev–Trinajstić information content (AvgIpc) is 2.29. The zero-order valence-corrected chi connectivity index (χ0v) is 8.13. The van der Waals surface area contributed by atoms with Crippen molar-refractivity contribution in [2.24, 2.45) is 0 Å². The monoisotopic (exact) mass is 210 g/mol. The zero-order chi connectivity index (χ0) is 10.1. The van der Waals surface area contributed by atoms with Crippen molar-refractivity contribution in [1.82, 2.24) is 10.0 Å². The minimum atomic E-state index is -3.32. The summed E-state index contributed by atoms with van der Waals surface area (Å²) < 4.78 is 23.6. The quantitative estimate of drug-likeness (QED) is 0.404. The van der Waals surface area contributed by atoms with E-state index in [0.29, 0.717) is 0 Å². The summed E-state index contributed by atoms with van der Waals surface area (Å²) in [6.07, 6.45) is 0.0761. The Balaban J connectivity index is 2.53. The van der Waals surface area contributed by atoms with E-state index in [2.05, 4.69) is 10.0 Å². The summed E-state index contributed by atoms with van der Waals surface area (Å²) in [6, 6.07) is 0. The molecule has 0 aromatic heterocycles. The smallest absolute Gasteiger partial charge is 0.208 e. The van der Waals surface area contributed by atoms with Gasteiger partial charge in [0.25, 0.3) is 0 Å². The molecule has 0 bridgehead atoms. The molecule has 2 atom stereocenters. The van der Waals surface area contributed by atoms with E-state index >= 15 is 0 Å². The highest BCUT2D eigenvalue weighted by Crippen LogP contribution is 2.13. The van der Waals surface area contributed by atoms with Crippen molar-refractivity contribution >= 4 is 10.0 Å². The fourth-order valence-electron chi connectivity index (χ4n) is 1.17. The molecule has 13 heavy (non-hydrogen) atoms. The van der Waals surface area contributed by atoms with Crippen molar-refractivity contribution in [2.45, 2.75) is 11.7 Å². The van der Waals surface area contributed by atoms with E-state index in [-0.39, 0.29) is 19.6 Å². The van der Waals surface area contributed by atoms with Gasteiger partial charge in [0.1, 0.15) is 5.60 Å². The Bertz CT molecular complexity index is 278. The molecule has 0 radical (unpaired) electrons. The van der Waals surface area contributed by atoms with E-state index in [1.165, 1.54) is 0 Å². The number of aliphatic hydroxyl groups excluding tert-OH is 1. The van der Waals surface area contributed by atoms with Gasteiger partial charge in [-0.3, -0.25) is 0 Å². The maximum Gasteiger partial charge on any atom is 0.208 e. The van der Waals surface area contributed by atoms with Crippen molar-refractivity contribution in [3.8, 4) is 0 Å². The van der Waals surface area contributed by atoms with Gasteiger partial charge in [-0.25, -0.2) is 13.1 Å². The van der Waals surface area contributed by atoms with Crippen LogP contribution >= 0.6 is 0 Å². The molecule has 1 rings (SSSR count). The number of aliphatic hydroxyl groups is 2. The van der Waals surface area contributed by atoms with E-state index in [1.807, 2.05) is 0 Å². The third kappa shape index (κ3) is 2.89. The Kier molecular flexibility index (Phi) is 2.93. The first-order chi connectivity index (χ1) is 5.83. The highest BCUT2D eigenvalue weighted by atomic mass is 32.2. The van der Waals surface area contributed by atoms with Gasteiger partial charge in [0.15, 0.2) is 0 Å². The molecule has 1 saturated heterocycles. The summed E-state index contributed by atoms with van der Waals surface area (Å²) >= 11 is 0. The molecule has 1 heterocycles. The van der Waals surface area contributed by atoms with Gasteiger partial charge in [-0.15, -0.1) is 0 Å². The molecule has 78 valence electrons. The molecule has 0 unspecified atom stereocenters. The van der Waals surface area contributed by atoms with Crippen LogP contribution in [0.2, 0.25) is 0 Å². The summed E-state index contributed by atoms with van der Waals surface area (Å²) in [5, 5.41) is 21.7.